The molecule has 1 atom stereocenters. The molecule has 0 bridgehead atoms. The van der Waals surface area contributed by atoms with Crippen LogP contribution >= 0.6 is 0 Å². The van der Waals surface area contributed by atoms with Crippen LogP contribution in [-0.2, 0) is 25.2 Å². The van der Waals surface area contributed by atoms with Gasteiger partial charge in [-0.15, -0.1) is 0 Å². The standard InChI is InChI=1S/C15H20N2O6S/c18-17(19)13-6-4-12(5-7-13)11-24(20,21)16-8-2-1-3-14(16)15-22-9-10-23-15/h4-7,14-15H,1-3,8-11H2. The van der Waals surface area contributed by atoms with Gasteiger partial charge in [-0.2, -0.15) is 4.31 Å². The number of nitro groups is 1. The van der Waals surface area contributed by atoms with Crippen molar-refractivity contribution in [1.82, 2.24) is 4.31 Å². The molecule has 0 aromatic heterocycles. The smallest absolute Gasteiger partial charge is 0.269 e. The van der Waals surface area contributed by atoms with E-state index in [4.69, 9.17) is 9.47 Å². The van der Waals surface area contributed by atoms with Gasteiger partial charge in [0.25, 0.3) is 5.69 Å². The van der Waals surface area contributed by atoms with Crippen LogP contribution in [0.5, 0.6) is 0 Å². The highest BCUT2D eigenvalue weighted by atomic mass is 32.2. The van der Waals surface area contributed by atoms with E-state index in [9.17, 15) is 18.5 Å². The van der Waals surface area contributed by atoms with Crippen LogP contribution in [0, 0.1) is 10.1 Å². The molecule has 8 nitrogen and oxygen atoms in total. The van der Waals surface area contributed by atoms with E-state index >= 15 is 0 Å². The maximum absolute atomic E-state index is 12.8. The highest BCUT2D eigenvalue weighted by molar-refractivity contribution is 7.88. The van der Waals surface area contributed by atoms with Gasteiger partial charge in [-0.1, -0.05) is 18.6 Å². The van der Waals surface area contributed by atoms with Crippen LogP contribution in [0.4, 0.5) is 5.69 Å². The third-order valence-electron chi connectivity index (χ3n) is 4.31. The van der Waals surface area contributed by atoms with Gasteiger partial charge in [0.15, 0.2) is 6.29 Å². The first kappa shape index (κ1) is 17.3. The zero-order valence-electron chi connectivity index (χ0n) is 13.2. The molecule has 1 unspecified atom stereocenters. The summed E-state index contributed by atoms with van der Waals surface area (Å²) in [6.45, 7) is 1.41. The Bertz CT molecular complexity index is 684. The van der Waals surface area contributed by atoms with Gasteiger partial charge in [-0.05, 0) is 18.4 Å². The van der Waals surface area contributed by atoms with Crippen molar-refractivity contribution in [3.8, 4) is 0 Å². The Hall–Kier alpha value is -1.55. The summed E-state index contributed by atoms with van der Waals surface area (Å²) in [6, 6.07) is 5.31. The molecule has 0 spiro atoms. The normalized spacial score (nSPS) is 23.4. The molecule has 9 heteroatoms. The van der Waals surface area contributed by atoms with Gasteiger partial charge in [0, 0.05) is 18.7 Å². The van der Waals surface area contributed by atoms with E-state index in [1.807, 2.05) is 0 Å². The molecule has 2 saturated heterocycles. The van der Waals surface area contributed by atoms with E-state index in [1.54, 1.807) is 0 Å². The minimum absolute atomic E-state index is 0.0558. The average Bonchev–Trinajstić information content (AvgIpc) is 3.09. The Morgan fingerprint density at radius 3 is 2.46 bits per heavy atom. The zero-order valence-corrected chi connectivity index (χ0v) is 14.0. The predicted molar refractivity (Wildman–Crippen MR) is 85.8 cm³/mol. The highest BCUT2D eigenvalue weighted by Gasteiger charge is 2.39. The zero-order chi connectivity index (χ0) is 17.2. The number of nitrogens with zero attached hydrogens (tertiary/aromatic N) is 2. The number of hydrogen-bond donors (Lipinski definition) is 0. The first-order chi connectivity index (χ1) is 11.5. The summed E-state index contributed by atoms with van der Waals surface area (Å²) < 4.78 is 38.1. The molecule has 132 valence electrons. The molecule has 2 fully saturated rings. The Morgan fingerprint density at radius 2 is 1.83 bits per heavy atom. The minimum atomic E-state index is -3.55. The lowest BCUT2D eigenvalue weighted by Gasteiger charge is -2.36. The van der Waals surface area contributed by atoms with Gasteiger partial charge < -0.3 is 9.47 Å². The number of piperidine rings is 1. The second-order valence-corrected chi connectivity index (χ2v) is 7.89. The molecular formula is C15H20N2O6S. The van der Waals surface area contributed by atoms with Crippen LogP contribution in [0.2, 0.25) is 0 Å². The van der Waals surface area contributed by atoms with E-state index < -0.39 is 21.2 Å². The highest BCUT2D eigenvalue weighted by Crippen LogP contribution is 2.28. The maximum Gasteiger partial charge on any atom is 0.269 e. The number of non-ortho nitro benzene ring substituents is 1. The van der Waals surface area contributed by atoms with Gasteiger partial charge in [0.1, 0.15) is 0 Å². The lowest BCUT2D eigenvalue weighted by Crippen LogP contribution is -2.50. The Kier molecular flexibility index (Phi) is 5.14. The molecule has 1 aromatic rings. The van der Waals surface area contributed by atoms with Crippen LogP contribution in [-0.4, -0.2) is 49.7 Å². The van der Waals surface area contributed by atoms with Crippen molar-refractivity contribution < 1.29 is 22.8 Å². The van der Waals surface area contributed by atoms with Crippen LogP contribution < -0.4 is 0 Å². The molecule has 0 aliphatic carbocycles. The summed E-state index contributed by atoms with van der Waals surface area (Å²) in [4.78, 5) is 10.2. The number of benzene rings is 1. The molecule has 0 amide bonds. The first-order valence-corrected chi connectivity index (χ1v) is 9.54. The number of hydrogen-bond acceptors (Lipinski definition) is 6. The summed E-state index contributed by atoms with van der Waals surface area (Å²) in [7, 11) is -3.55. The second kappa shape index (κ2) is 7.14. The summed E-state index contributed by atoms with van der Waals surface area (Å²) >= 11 is 0. The number of nitro benzene ring substituents is 1. The predicted octanol–water partition coefficient (Wildman–Crippen LogP) is 1.65. The van der Waals surface area contributed by atoms with Crippen LogP contribution in [0.3, 0.4) is 0 Å². The molecule has 0 saturated carbocycles. The van der Waals surface area contributed by atoms with Crippen molar-refractivity contribution in [2.75, 3.05) is 19.8 Å². The van der Waals surface area contributed by atoms with Crippen molar-refractivity contribution >= 4 is 15.7 Å². The van der Waals surface area contributed by atoms with Gasteiger partial charge in [-0.3, -0.25) is 10.1 Å². The molecule has 3 rings (SSSR count). The third-order valence-corrected chi connectivity index (χ3v) is 6.18. The quantitative estimate of drug-likeness (QED) is 0.588. The Labute approximate surface area is 140 Å². The van der Waals surface area contributed by atoms with Gasteiger partial charge in [0.2, 0.25) is 10.0 Å². The van der Waals surface area contributed by atoms with Crippen LogP contribution in [0.25, 0.3) is 0 Å². The number of ether oxygens (including phenoxy) is 2. The monoisotopic (exact) mass is 356 g/mol. The fraction of sp³-hybridized carbons (Fsp3) is 0.600. The van der Waals surface area contributed by atoms with Crippen molar-refractivity contribution in [2.45, 2.75) is 37.3 Å². The van der Waals surface area contributed by atoms with E-state index in [0.29, 0.717) is 31.7 Å². The van der Waals surface area contributed by atoms with Crippen molar-refractivity contribution in [1.29, 1.82) is 0 Å². The minimum Gasteiger partial charge on any atom is -0.349 e. The maximum atomic E-state index is 12.8. The lowest BCUT2D eigenvalue weighted by molar-refractivity contribution is -0.384. The van der Waals surface area contributed by atoms with E-state index in [2.05, 4.69) is 0 Å². The third kappa shape index (κ3) is 3.75. The molecule has 2 aliphatic heterocycles. The van der Waals surface area contributed by atoms with Gasteiger partial charge >= 0.3 is 0 Å². The molecule has 24 heavy (non-hydrogen) atoms. The van der Waals surface area contributed by atoms with Gasteiger partial charge in [-0.25, -0.2) is 8.42 Å². The topological polar surface area (TPSA) is 99.0 Å². The molecular weight excluding hydrogens is 336 g/mol. The van der Waals surface area contributed by atoms with Crippen molar-refractivity contribution in [3.05, 3.63) is 39.9 Å². The number of sulfonamides is 1. The van der Waals surface area contributed by atoms with Crippen molar-refractivity contribution in [2.24, 2.45) is 0 Å². The largest absolute Gasteiger partial charge is 0.349 e. The summed E-state index contributed by atoms with van der Waals surface area (Å²) in [5, 5.41) is 10.7. The lowest BCUT2D eigenvalue weighted by atomic mass is 10.0. The Balaban J connectivity index is 1.76. The van der Waals surface area contributed by atoms with Crippen LogP contribution in [0.15, 0.2) is 24.3 Å². The van der Waals surface area contributed by atoms with Crippen LogP contribution in [0.1, 0.15) is 24.8 Å². The number of rotatable bonds is 5. The summed E-state index contributed by atoms with van der Waals surface area (Å²) in [5.41, 5.74) is 0.470. The Morgan fingerprint density at radius 1 is 1.17 bits per heavy atom. The van der Waals surface area contributed by atoms with E-state index in [1.165, 1.54) is 28.6 Å². The fourth-order valence-corrected chi connectivity index (χ4v) is 4.96. The average molecular weight is 356 g/mol. The fourth-order valence-electron chi connectivity index (χ4n) is 3.15. The second-order valence-electron chi connectivity index (χ2n) is 5.96. The van der Waals surface area contributed by atoms with E-state index in [0.717, 1.165) is 12.8 Å². The molecule has 1 aromatic carbocycles. The van der Waals surface area contributed by atoms with Gasteiger partial charge in [0.05, 0.1) is 29.9 Å². The van der Waals surface area contributed by atoms with E-state index in [-0.39, 0.29) is 17.5 Å². The van der Waals surface area contributed by atoms with Crippen molar-refractivity contribution in [3.63, 3.8) is 0 Å². The first-order valence-electron chi connectivity index (χ1n) is 7.93. The molecule has 2 heterocycles. The summed E-state index contributed by atoms with van der Waals surface area (Å²) in [6.07, 6.45) is 1.96. The molecule has 0 N–H and O–H groups in total. The summed E-state index contributed by atoms with van der Waals surface area (Å²) in [5.74, 6) is -0.186. The SMILES string of the molecule is O=[N+]([O-])c1ccc(CS(=O)(=O)N2CCCCC2C2OCCO2)cc1. The molecule has 2 aliphatic rings. The molecule has 0 radical (unpaired) electrons.